The van der Waals surface area contributed by atoms with E-state index in [1.165, 1.54) is 11.8 Å². The van der Waals surface area contributed by atoms with E-state index in [1.54, 1.807) is 20.1 Å². The van der Waals surface area contributed by atoms with E-state index in [-0.39, 0.29) is 12.5 Å². The molecule has 0 radical (unpaired) electrons. The summed E-state index contributed by atoms with van der Waals surface area (Å²) in [6.45, 7) is 5.14. The highest BCUT2D eigenvalue weighted by Crippen LogP contribution is 2.19. The second kappa shape index (κ2) is 6.21. The molecule has 1 heterocycles. The topological polar surface area (TPSA) is 95.1 Å². The van der Waals surface area contributed by atoms with Crippen LogP contribution in [0.3, 0.4) is 0 Å². The number of aromatic amines is 1. The van der Waals surface area contributed by atoms with Gasteiger partial charge in [-0.25, -0.2) is 4.79 Å². The van der Waals surface area contributed by atoms with Gasteiger partial charge in [0.1, 0.15) is 5.03 Å². The van der Waals surface area contributed by atoms with Crippen LogP contribution in [-0.4, -0.2) is 39.4 Å². The van der Waals surface area contributed by atoms with Crippen LogP contribution in [0.15, 0.2) is 9.82 Å². The van der Waals surface area contributed by atoms with E-state index in [1.807, 2.05) is 6.92 Å². The first-order valence-electron chi connectivity index (χ1n) is 5.95. The van der Waals surface area contributed by atoms with Gasteiger partial charge in [-0.15, -0.1) is 11.8 Å². The molecule has 0 spiro atoms. The van der Waals surface area contributed by atoms with Crippen molar-refractivity contribution in [2.75, 3.05) is 12.9 Å². The molecule has 0 saturated carbocycles. The van der Waals surface area contributed by atoms with Gasteiger partial charge in [-0.3, -0.25) is 4.79 Å². The quantitative estimate of drug-likeness (QED) is 0.546. The number of aromatic nitrogens is 2. The second-order valence-corrected chi connectivity index (χ2v) is 5.37. The number of rotatable bonds is 5. The summed E-state index contributed by atoms with van der Waals surface area (Å²) in [6.07, 6.45) is 2.35. The number of amides is 1. The summed E-state index contributed by atoms with van der Waals surface area (Å²) in [5, 5.41) is 12.5. The molecule has 1 unspecified atom stereocenters. The number of nitrogens with zero attached hydrogens (tertiary/aromatic N) is 1. The Bertz CT molecular complexity index is 523. The average molecular weight is 285 g/mol. The van der Waals surface area contributed by atoms with Gasteiger partial charge in [-0.1, -0.05) is 6.92 Å². The maximum absolute atomic E-state index is 12.3. The van der Waals surface area contributed by atoms with Crippen LogP contribution in [-0.2, 0) is 0 Å². The van der Waals surface area contributed by atoms with Crippen LogP contribution < -0.4 is 11.0 Å². The Morgan fingerprint density at radius 3 is 2.68 bits per heavy atom. The van der Waals surface area contributed by atoms with Crippen molar-refractivity contribution in [3.05, 3.63) is 21.7 Å². The highest BCUT2D eigenvalue weighted by molar-refractivity contribution is 7.98. The van der Waals surface area contributed by atoms with E-state index in [4.69, 9.17) is 0 Å². The Kier molecular flexibility index (Phi) is 5.13. The largest absolute Gasteiger partial charge is 0.394 e. The minimum Gasteiger partial charge on any atom is -0.394 e. The number of hydrogen-bond donors (Lipinski definition) is 3. The van der Waals surface area contributed by atoms with Crippen molar-refractivity contribution in [1.82, 2.24) is 15.3 Å². The second-order valence-electron chi connectivity index (χ2n) is 4.58. The fourth-order valence-electron chi connectivity index (χ4n) is 1.55. The lowest BCUT2D eigenvalue weighted by Gasteiger charge is -2.27. The van der Waals surface area contributed by atoms with Gasteiger partial charge in [0, 0.05) is 5.69 Å². The number of aliphatic hydroxyl groups excluding tert-OH is 1. The third kappa shape index (κ3) is 3.57. The zero-order valence-corrected chi connectivity index (χ0v) is 12.3. The van der Waals surface area contributed by atoms with Crippen molar-refractivity contribution in [2.45, 2.75) is 37.8 Å². The van der Waals surface area contributed by atoms with Crippen LogP contribution in [0.2, 0.25) is 0 Å². The van der Waals surface area contributed by atoms with Crippen LogP contribution in [0.4, 0.5) is 0 Å². The number of hydrogen-bond acceptors (Lipinski definition) is 5. The Morgan fingerprint density at radius 1 is 1.58 bits per heavy atom. The fourth-order valence-corrected chi connectivity index (χ4v) is 2.17. The molecule has 1 rings (SSSR count). The first kappa shape index (κ1) is 15.7. The zero-order chi connectivity index (χ0) is 14.6. The zero-order valence-electron chi connectivity index (χ0n) is 11.5. The molecule has 0 fully saturated rings. The Labute approximate surface area is 116 Å². The molecule has 1 aromatic heterocycles. The minimum atomic E-state index is -0.685. The average Bonchev–Trinajstić information content (AvgIpc) is 2.37. The van der Waals surface area contributed by atoms with E-state index >= 15 is 0 Å². The molecule has 1 amide bonds. The van der Waals surface area contributed by atoms with Gasteiger partial charge in [0.25, 0.3) is 5.91 Å². The van der Waals surface area contributed by atoms with Gasteiger partial charge in [-0.05, 0) is 26.5 Å². The number of H-pyrrole nitrogens is 1. The predicted octanol–water partition coefficient (Wildman–Crippen LogP) is 0.691. The monoisotopic (exact) mass is 285 g/mol. The molecule has 1 aromatic rings. The fraction of sp³-hybridized carbons (Fsp3) is 0.583. The maximum Gasteiger partial charge on any atom is 0.346 e. The lowest BCUT2D eigenvalue weighted by atomic mass is 9.99. The van der Waals surface area contributed by atoms with Gasteiger partial charge in [0.2, 0.25) is 0 Å². The molecule has 0 aliphatic heterocycles. The van der Waals surface area contributed by atoms with E-state index in [9.17, 15) is 14.7 Å². The number of aliphatic hydroxyl groups is 1. The van der Waals surface area contributed by atoms with Gasteiger partial charge in [0.05, 0.1) is 17.7 Å². The summed E-state index contributed by atoms with van der Waals surface area (Å²) in [5.41, 5.74) is -0.340. The summed E-state index contributed by atoms with van der Waals surface area (Å²) in [6, 6.07) is 0. The van der Waals surface area contributed by atoms with Gasteiger partial charge < -0.3 is 15.4 Å². The van der Waals surface area contributed by atoms with Crippen LogP contribution >= 0.6 is 11.8 Å². The van der Waals surface area contributed by atoms with Crippen LogP contribution in [0.1, 0.15) is 36.3 Å². The number of carbonyl (C=O) groups is 1. The summed E-state index contributed by atoms with van der Waals surface area (Å²) in [5.74, 6) is -0.344. The van der Waals surface area contributed by atoms with E-state index in [0.29, 0.717) is 22.7 Å². The first-order valence-corrected chi connectivity index (χ1v) is 7.17. The Morgan fingerprint density at radius 2 is 2.21 bits per heavy atom. The van der Waals surface area contributed by atoms with Crippen molar-refractivity contribution in [3.8, 4) is 0 Å². The highest BCUT2D eigenvalue weighted by Gasteiger charge is 2.26. The molecule has 0 saturated heterocycles. The van der Waals surface area contributed by atoms with Crippen LogP contribution in [0.25, 0.3) is 0 Å². The molecule has 7 heteroatoms. The number of carbonyl (C=O) groups excluding carboxylic acids is 1. The number of nitrogens with one attached hydrogen (secondary N) is 2. The van der Waals surface area contributed by atoms with Crippen molar-refractivity contribution in [3.63, 3.8) is 0 Å². The first-order chi connectivity index (χ1) is 8.86. The molecule has 0 aromatic carbocycles. The van der Waals surface area contributed by atoms with Crippen molar-refractivity contribution >= 4 is 17.7 Å². The predicted molar refractivity (Wildman–Crippen MR) is 74.6 cm³/mol. The highest BCUT2D eigenvalue weighted by atomic mass is 32.2. The molecule has 106 valence electrons. The summed E-state index contributed by atoms with van der Waals surface area (Å²) in [4.78, 5) is 29.9. The third-order valence-electron chi connectivity index (χ3n) is 3.05. The Balaban J connectivity index is 3.16. The van der Waals surface area contributed by atoms with Crippen LogP contribution in [0.5, 0.6) is 0 Å². The minimum absolute atomic E-state index is 0.153. The SMILES string of the molecule is CCC(C)(CO)NC(=O)c1c(SC)nc(=O)[nH]c1C. The molecule has 6 nitrogen and oxygen atoms in total. The standard InChI is InChI=1S/C12H19N3O3S/c1-5-12(3,6-16)15-9(17)8-7(2)13-11(18)14-10(8)19-4/h16H,5-6H2,1-4H3,(H,15,17)(H,13,14,18). The van der Waals surface area contributed by atoms with Crippen molar-refractivity contribution in [1.29, 1.82) is 0 Å². The van der Waals surface area contributed by atoms with Crippen molar-refractivity contribution < 1.29 is 9.90 Å². The molecule has 1 atom stereocenters. The molecular formula is C12H19N3O3S. The maximum atomic E-state index is 12.3. The summed E-state index contributed by atoms with van der Waals surface area (Å²) in [7, 11) is 0. The normalized spacial score (nSPS) is 13.9. The third-order valence-corrected chi connectivity index (χ3v) is 3.73. The smallest absolute Gasteiger partial charge is 0.346 e. The van der Waals surface area contributed by atoms with Gasteiger partial charge in [0.15, 0.2) is 0 Å². The van der Waals surface area contributed by atoms with Crippen molar-refractivity contribution in [2.24, 2.45) is 0 Å². The van der Waals surface area contributed by atoms with Gasteiger partial charge >= 0.3 is 5.69 Å². The summed E-state index contributed by atoms with van der Waals surface area (Å²) >= 11 is 1.24. The van der Waals surface area contributed by atoms with E-state index in [0.717, 1.165) is 0 Å². The lowest BCUT2D eigenvalue weighted by Crippen LogP contribution is -2.48. The van der Waals surface area contributed by atoms with E-state index < -0.39 is 11.2 Å². The van der Waals surface area contributed by atoms with Crippen LogP contribution in [0, 0.1) is 6.92 Å². The lowest BCUT2D eigenvalue weighted by molar-refractivity contribution is 0.0842. The molecule has 0 bridgehead atoms. The number of thioether (sulfide) groups is 1. The molecule has 19 heavy (non-hydrogen) atoms. The molecule has 3 N–H and O–H groups in total. The Hall–Kier alpha value is -1.34. The van der Waals surface area contributed by atoms with Gasteiger partial charge in [-0.2, -0.15) is 4.98 Å². The molecular weight excluding hydrogens is 266 g/mol. The number of aryl methyl sites for hydroxylation is 1. The molecule has 0 aliphatic rings. The summed E-state index contributed by atoms with van der Waals surface area (Å²) < 4.78 is 0. The molecule has 0 aliphatic carbocycles. The van der Waals surface area contributed by atoms with E-state index in [2.05, 4.69) is 15.3 Å².